The number of pyridine rings is 2. The zero-order valence-electron chi connectivity index (χ0n) is 12.1. The maximum atomic E-state index is 10.0. The lowest BCUT2D eigenvalue weighted by atomic mass is 10.2. The standard InChI is InChI=1S/C11H12BrNO2.C5H6N2/c12-9-3-4-10(8-1-2-8)13-11(9)5-6-15-7-14;6-5-2-1-3-7-4-5/h3-4,7-8H,1-2,5-6H2;1-4H,6H2. The number of hydrogen-bond donors (Lipinski definition) is 1. The topological polar surface area (TPSA) is 78.1 Å². The SMILES string of the molecule is Nc1cccnc1.O=COCCc1nc(C2CC2)ccc1Br. The Hall–Kier alpha value is -1.95. The van der Waals surface area contributed by atoms with E-state index >= 15 is 0 Å². The number of nitrogen functional groups attached to an aromatic ring is 1. The van der Waals surface area contributed by atoms with Gasteiger partial charge in [-0.25, -0.2) is 0 Å². The van der Waals surface area contributed by atoms with Crippen LogP contribution < -0.4 is 5.73 Å². The van der Waals surface area contributed by atoms with Crippen molar-refractivity contribution in [3.8, 4) is 0 Å². The van der Waals surface area contributed by atoms with Gasteiger partial charge in [-0.1, -0.05) is 0 Å². The van der Waals surface area contributed by atoms with Gasteiger partial charge in [-0.05, 0) is 53.0 Å². The lowest BCUT2D eigenvalue weighted by Gasteiger charge is -2.05. The van der Waals surface area contributed by atoms with Crippen LogP contribution >= 0.6 is 15.9 Å². The summed E-state index contributed by atoms with van der Waals surface area (Å²) in [4.78, 5) is 18.3. The third-order valence-corrected chi connectivity index (χ3v) is 3.87. The van der Waals surface area contributed by atoms with Crippen molar-refractivity contribution in [1.82, 2.24) is 9.97 Å². The molecule has 0 radical (unpaired) electrons. The average Bonchev–Trinajstić information content (AvgIpc) is 3.36. The van der Waals surface area contributed by atoms with Crippen molar-refractivity contribution < 1.29 is 9.53 Å². The lowest BCUT2D eigenvalue weighted by Crippen LogP contribution is -2.01. The van der Waals surface area contributed by atoms with Gasteiger partial charge in [-0.15, -0.1) is 0 Å². The Morgan fingerprint density at radius 1 is 1.36 bits per heavy atom. The minimum Gasteiger partial charge on any atom is -0.467 e. The Labute approximate surface area is 138 Å². The largest absolute Gasteiger partial charge is 0.467 e. The Morgan fingerprint density at radius 3 is 2.73 bits per heavy atom. The highest BCUT2D eigenvalue weighted by Gasteiger charge is 2.25. The Bertz CT molecular complexity index is 604. The molecule has 0 amide bonds. The van der Waals surface area contributed by atoms with Crippen molar-refractivity contribution >= 4 is 28.1 Å². The van der Waals surface area contributed by atoms with Gasteiger partial charge < -0.3 is 10.5 Å². The predicted molar refractivity (Wildman–Crippen MR) is 88.3 cm³/mol. The number of carbonyl (C=O) groups excluding carboxylic acids is 1. The zero-order chi connectivity index (χ0) is 15.8. The fourth-order valence-electron chi connectivity index (χ4n) is 1.86. The van der Waals surface area contributed by atoms with E-state index in [-0.39, 0.29) is 0 Å². The Balaban J connectivity index is 0.000000211. The third-order valence-electron chi connectivity index (χ3n) is 3.14. The summed E-state index contributed by atoms with van der Waals surface area (Å²) in [6.45, 7) is 0.863. The highest BCUT2D eigenvalue weighted by molar-refractivity contribution is 9.10. The number of nitrogens with two attached hydrogens (primary N) is 1. The molecule has 5 nitrogen and oxygen atoms in total. The molecule has 0 bridgehead atoms. The fourth-order valence-corrected chi connectivity index (χ4v) is 2.28. The first kappa shape index (κ1) is 16.4. The Morgan fingerprint density at radius 2 is 2.18 bits per heavy atom. The first-order valence-electron chi connectivity index (χ1n) is 7.06. The molecule has 0 atom stereocenters. The van der Waals surface area contributed by atoms with E-state index in [0.29, 0.717) is 31.1 Å². The normalized spacial score (nSPS) is 13.0. The molecule has 22 heavy (non-hydrogen) atoms. The maximum Gasteiger partial charge on any atom is 0.293 e. The van der Waals surface area contributed by atoms with E-state index in [0.717, 1.165) is 10.2 Å². The summed E-state index contributed by atoms with van der Waals surface area (Å²) >= 11 is 3.45. The molecule has 2 N–H and O–H groups in total. The highest BCUT2D eigenvalue weighted by atomic mass is 79.9. The number of hydrogen-bond acceptors (Lipinski definition) is 5. The molecular weight excluding hydrogens is 346 g/mol. The van der Waals surface area contributed by atoms with Crippen molar-refractivity contribution in [2.24, 2.45) is 0 Å². The summed E-state index contributed by atoms with van der Waals surface area (Å²) in [7, 11) is 0. The van der Waals surface area contributed by atoms with Crippen LogP contribution in [0.2, 0.25) is 0 Å². The van der Waals surface area contributed by atoms with E-state index < -0.39 is 0 Å². The van der Waals surface area contributed by atoms with Gasteiger partial charge in [0.2, 0.25) is 0 Å². The zero-order valence-corrected chi connectivity index (χ0v) is 13.7. The van der Waals surface area contributed by atoms with Crippen LogP contribution in [0, 0.1) is 0 Å². The van der Waals surface area contributed by atoms with Gasteiger partial charge in [-0.2, -0.15) is 0 Å². The number of carbonyl (C=O) groups is 1. The number of halogens is 1. The molecular formula is C16H18BrN3O2. The van der Waals surface area contributed by atoms with Gasteiger partial charge in [0.25, 0.3) is 6.47 Å². The van der Waals surface area contributed by atoms with E-state index in [1.165, 1.54) is 18.5 Å². The molecule has 0 saturated heterocycles. The van der Waals surface area contributed by atoms with Gasteiger partial charge in [0.1, 0.15) is 0 Å². The van der Waals surface area contributed by atoms with Crippen LogP contribution in [0.1, 0.15) is 30.1 Å². The van der Waals surface area contributed by atoms with E-state index in [1.54, 1.807) is 24.5 Å². The number of anilines is 1. The van der Waals surface area contributed by atoms with Crippen LogP contribution in [0.25, 0.3) is 0 Å². The molecule has 2 aromatic rings. The van der Waals surface area contributed by atoms with Crippen molar-refractivity contribution in [2.75, 3.05) is 12.3 Å². The van der Waals surface area contributed by atoms with Gasteiger partial charge in [0.15, 0.2) is 0 Å². The molecule has 0 unspecified atom stereocenters. The van der Waals surface area contributed by atoms with Crippen molar-refractivity contribution in [1.29, 1.82) is 0 Å². The fraction of sp³-hybridized carbons (Fsp3) is 0.312. The molecule has 1 aliphatic carbocycles. The molecule has 3 rings (SSSR count). The van der Waals surface area contributed by atoms with Gasteiger partial charge in [0.05, 0.1) is 18.0 Å². The molecule has 1 saturated carbocycles. The number of rotatable bonds is 5. The predicted octanol–water partition coefficient (Wildman–Crippen LogP) is 3.10. The summed E-state index contributed by atoms with van der Waals surface area (Å²) in [5.74, 6) is 0.656. The van der Waals surface area contributed by atoms with E-state index in [1.807, 2.05) is 6.07 Å². The highest BCUT2D eigenvalue weighted by Crippen LogP contribution is 2.39. The van der Waals surface area contributed by atoms with Gasteiger partial charge in [-0.3, -0.25) is 14.8 Å². The first-order chi connectivity index (χ1) is 10.7. The van der Waals surface area contributed by atoms with Crippen LogP contribution in [0.4, 0.5) is 5.69 Å². The molecule has 116 valence electrons. The molecule has 2 aromatic heterocycles. The summed E-state index contributed by atoms with van der Waals surface area (Å²) < 4.78 is 5.65. The first-order valence-corrected chi connectivity index (χ1v) is 7.86. The molecule has 0 aliphatic heterocycles. The monoisotopic (exact) mass is 363 g/mol. The second kappa shape index (κ2) is 8.48. The maximum absolute atomic E-state index is 10.0. The third kappa shape index (κ3) is 5.44. The van der Waals surface area contributed by atoms with Gasteiger partial charge in [0, 0.05) is 34.9 Å². The molecule has 2 heterocycles. The van der Waals surface area contributed by atoms with Crippen LogP contribution in [-0.2, 0) is 16.0 Å². The molecule has 1 fully saturated rings. The molecule has 0 aromatic carbocycles. The van der Waals surface area contributed by atoms with Crippen LogP contribution in [0.5, 0.6) is 0 Å². The van der Waals surface area contributed by atoms with Crippen molar-refractivity contribution in [3.05, 3.63) is 52.5 Å². The number of ether oxygens (including phenoxy) is 1. The molecule has 6 heteroatoms. The lowest BCUT2D eigenvalue weighted by molar-refractivity contribution is -0.128. The van der Waals surface area contributed by atoms with Crippen LogP contribution in [-0.4, -0.2) is 23.0 Å². The second-order valence-electron chi connectivity index (χ2n) is 4.94. The average molecular weight is 364 g/mol. The minimum absolute atomic E-state index is 0.392. The van der Waals surface area contributed by atoms with Crippen LogP contribution in [0.3, 0.4) is 0 Å². The molecule has 0 spiro atoms. The molecule has 1 aliphatic rings. The quantitative estimate of drug-likeness (QED) is 0.652. The summed E-state index contributed by atoms with van der Waals surface area (Å²) in [6, 6.07) is 7.69. The van der Waals surface area contributed by atoms with Gasteiger partial charge >= 0.3 is 0 Å². The minimum atomic E-state index is 0.392. The van der Waals surface area contributed by atoms with Crippen molar-refractivity contribution in [2.45, 2.75) is 25.2 Å². The summed E-state index contributed by atoms with van der Waals surface area (Å²) in [6.07, 6.45) is 6.47. The van der Waals surface area contributed by atoms with E-state index in [2.05, 4.69) is 36.7 Å². The smallest absolute Gasteiger partial charge is 0.293 e. The van der Waals surface area contributed by atoms with E-state index in [4.69, 9.17) is 5.73 Å². The Kier molecular flexibility index (Phi) is 6.33. The number of aromatic nitrogens is 2. The van der Waals surface area contributed by atoms with E-state index in [9.17, 15) is 4.79 Å². The summed E-state index contributed by atoms with van der Waals surface area (Å²) in [5.41, 5.74) is 8.15. The second-order valence-corrected chi connectivity index (χ2v) is 5.80. The number of nitrogens with zero attached hydrogens (tertiary/aromatic N) is 2. The van der Waals surface area contributed by atoms with Crippen LogP contribution in [0.15, 0.2) is 41.1 Å². The summed E-state index contributed by atoms with van der Waals surface area (Å²) in [5, 5.41) is 0. The van der Waals surface area contributed by atoms with Crippen molar-refractivity contribution in [3.63, 3.8) is 0 Å².